The maximum Gasteiger partial charge on any atom is 0.325 e. The number of benzene rings is 1. The molecule has 1 aliphatic heterocycles. The van der Waals surface area contributed by atoms with E-state index in [2.05, 4.69) is 17.6 Å². The van der Waals surface area contributed by atoms with Gasteiger partial charge in [-0.25, -0.2) is 9.18 Å². The van der Waals surface area contributed by atoms with Gasteiger partial charge in [-0.05, 0) is 43.7 Å². The van der Waals surface area contributed by atoms with E-state index in [-0.39, 0.29) is 17.3 Å². The number of urea groups is 1. The highest BCUT2D eigenvalue weighted by atomic mass is 19.1. The number of methoxy groups -OCH3 is 1. The number of hydrogen-bond donors (Lipinski definition) is 2. The lowest BCUT2D eigenvalue weighted by Gasteiger charge is -2.34. The lowest BCUT2D eigenvalue weighted by atomic mass is 9.75. The summed E-state index contributed by atoms with van der Waals surface area (Å²) in [5.74, 6) is -0.897. The third-order valence-corrected chi connectivity index (χ3v) is 5.52. The van der Waals surface area contributed by atoms with Crippen molar-refractivity contribution >= 4 is 23.5 Å². The van der Waals surface area contributed by atoms with Crippen molar-refractivity contribution in [1.82, 2.24) is 10.2 Å². The fourth-order valence-corrected chi connectivity index (χ4v) is 3.83. The van der Waals surface area contributed by atoms with Crippen LogP contribution >= 0.6 is 0 Å². The molecule has 0 unspecified atom stereocenters. The molecule has 0 bridgehead atoms. The number of anilines is 1. The predicted molar refractivity (Wildman–Crippen MR) is 96.8 cm³/mol. The summed E-state index contributed by atoms with van der Waals surface area (Å²) in [6.07, 6.45) is 4.01. The number of nitrogens with zero attached hydrogens (tertiary/aromatic N) is 1. The topological polar surface area (TPSA) is 87.7 Å². The zero-order valence-corrected chi connectivity index (χ0v) is 15.5. The minimum absolute atomic E-state index is 0.0618. The van der Waals surface area contributed by atoms with Crippen LogP contribution in [-0.4, -0.2) is 41.9 Å². The molecule has 1 saturated heterocycles. The number of ether oxygens (including phenoxy) is 1. The summed E-state index contributed by atoms with van der Waals surface area (Å²) in [6, 6.07) is 3.45. The average molecular weight is 377 g/mol. The van der Waals surface area contributed by atoms with E-state index in [1.807, 2.05) is 0 Å². The molecule has 0 aromatic heterocycles. The zero-order valence-electron chi connectivity index (χ0n) is 15.5. The number of carbonyl (C=O) groups excluding carboxylic acids is 3. The Morgan fingerprint density at radius 3 is 2.67 bits per heavy atom. The fourth-order valence-electron chi connectivity index (χ4n) is 3.83. The number of imide groups is 1. The SMILES string of the molecule is CCC1CCC2(CC1)NC(=O)N(CC(=O)Nc1ccc(OC)c(F)c1)C2=O. The van der Waals surface area contributed by atoms with E-state index in [0.29, 0.717) is 18.8 Å². The van der Waals surface area contributed by atoms with Crippen LogP contribution in [0.25, 0.3) is 0 Å². The van der Waals surface area contributed by atoms with Gasteiger partial charge >= 0.3 is 6.03 Å². The first-order valence-electron chi connectivity index (χ1n) is 9.16. The summed E-state index contributed by atoms with van der Waals surface area (Å²) in [5, 5.41) is 5.29. The van der Waals surface area contributed by atoms with Gasteiger partial charge in [-0.3, -0.25) is 14.5 Å². The first kappa shape index (κ1) is 19.1. The summed E-state index contributed by atoms with van der Waals surface area (Å²) in [5.41, 5.74) is -0.654. The summed E-state index contributed by atoms with van der Waals surface area (Å²) in [7, 11) is 1.35. The molecule has 1 aromatic carbocycles. The van der Waals surface area contributed by atoms with Crippen LogP contribution in [0.1, 0.15) is 39.0 Å². The highest BCUT2D eigenvalue weighted by molar-refractivity contribution is 6.10. The molecule has 2 fully saturated rings. The van der Waals surface area contributed by atoms with Gasteiger partial charge in [0, 0.05) is 11.8 Å². The quantitative estimate of drug-likeness (QED) is 0.773. The average Bonchev–Trinajstić information content (AvgIpc) is 2.87. The monoisotopic (exact) mass is 377 g/mol. The van der Waals surface area contributed by atoms with Gasteiger partial charge in [0.15, 0.2) is 11.6 Å². The maximum absolute atomic E-state index is 13.7. The van der Waals surface area contributed by atoms with Gasteiger partial charge in [0.05, 0.1) is 7.11 Å². The second-order valence-electron chi connectivity index (χ2n) is 7.15. The van der Waals surface area contributed by atoms with Crippen LogP contribution in [0, 0.1) is 11.7 Å². The minimum Gasteiger partial charge on any atom is -0.494 e. The molecule has 0 atom stereocenters. The van der Waals surface area contributed by atoms with Crippen molar-refractivity contribution in [3.05, 3.63) is 24.0 Å². The molecule has 0 radical (unpaired) electrons. The summed E-state index contributed by atoms with van der Waals surface area (Å²) in [6.45, 7) is 1.72. The van der Waals surface area contributed by atoms with Gasteiger partial charge in [-0.1, -0.05) is 13.3 Å². The lowest BCUT2D eigenvalue weighted by molar-refractivity contribution is -0.135. The zero-order chi connectivity index (χ0) is 19.6. The first-order chi connectivity index (χ1) is 12.9. The Kier molecular flexibility index (Phi) is 5.34. The van der Waals surface area contributed by atoms with E-state index >= 15 is 0 Å². The van der Waals surface area contributed by atoms with Gasteiger partial charge in [-0.2, -0.15) is 0 Å². The molecule has 4 amide bonds. The molecule has 8 heteroatoms. The van der Waals surface area contributed by atoms with Gasteiger partial charge in [0.25, 0.3) is 5.91 Å². The Bertz CT molecular complexity index is 759. The summed E-state index contributed by atoms with van der Waals surface area (Å²) < 4.78 is 18.6. The molecular weight excluding hydrogens is 353 g/mol. The molecule has 1 aromatic rings. The van der Waals surface area contributed by atoms with Gasteiger partial charge < -0.3 is 15.4 Å². The van der Waals surface area contributed by atoms with Crippen molar-refractivity contribution in [2.45, 2.75) is 44.6 Å². The normalized spacial score (nSPS) is 24.9. The molecule has 1 heterocycles. The number of rotatable bonds is 5. The van der Waals surface area contributed by atoms with Crippen molar-refractivity contribution in [2.24, 2.45) is 5.92 Å². The highest BCUT2D eigenvalue weighted by Gasteiger charge is 2.52. The molecule has 27 heavy (non-hydrogen) atoms. The second-order valence-corrected chi connectivity index (χ2v) is 7.15. The summed E-state index contributed by atoms with van der Waals surface area (Å²) in [4.78, 5) is 38.3. The second kappa shape index (κ2) is 7.54. The van der Waals surface area contributed by atoms with Crippen LogP contribution in [0.5, 0.6) is 5.75 Å². The van der Waals surface area contributed by atoms with E-state index in [4.69, 9.17) is 4.74 Å². The Balaban J connectivity index is 1.63. The van der Waals surface area contributed by atoms with E-state index in [0.717, 1.165) is 30.2 Å². The Labute approximate surface area is 157 Å². The van der Waals surface area contributed by atoms with Crippen molar-refractivity contribution in [1.29, 1.82) is 0 Å². The number of halogens is 1. The van der Waals surface area contributed by atoms with E-state index < -0.39 is 29.8 Å². The van der Waals surface area contributed by atoms with Crippen LogP contribution in [-0.2, 0) is 9.59 Å². The molecule has 2 aliphatic rings. The molecule has 7 nitrogen and oxygen atoms in total. The Morgan fingerprint density at radius 1 is 1.37 bits per heavy atom. The van der Waals surface area contributed by atoms with Crippen LogP contribution < -0.4 is 15.4 Å². The largest absolute Gasteiger partial charge is 0.494 e. The van der Waals surface area contributed by atoms with Crippen LogP contribution in [0.2, 0.25) is 0 Å². The Hall–Kier alpha value is -2.64. The van der Waals surface area contributed by atoms with Crippen molar-refractivity contribution in [2.75, 3.05) is 19.0 Å². The molecule has 3 rings (SSSR count). The molecule has 1 saturated carbocycles. The lowest BCUT2D eigenvalue weighted by Crippen LogP contribution is -2.49. The number of hydrogen-bond acceptors (Lipinski definition) is 4. The van der Waals surface area contributed by atoms with Crippen LogP contribution in [0.4, 0.5) is 14.9 Å². The number of carbonyl (C=O) groups is 3. The standard InChI is InChI=1S/C19H24FN3O4/c1-3-12-6-8-19(9-7-12)17(25)23(18(26)22-19)11-16(24)21-13-4-5-15(27-2)14(20)10-13/h4-5,10,12H,3,6-9,11H2,1-2H3,(H,21,24)(H,22,26). The minimum atomic E-state index is -0.880. The predicted octanol–water partition coefficient (Wildman–Crippen LogP) is 2.66. The third-order valence-electron chi connectivity index (χ3n) is 5.52. The van der Waals surface area contributed by atoms with Crippen molar-refractivity contribution in [3.63, 3.8) is 0 Å². The van der Waals surface area contributed by atoms with E-state index in [9.17, 15) is 18.8 Å². The number of nitrogens with one attached hydrogen (secondary N) is 2. The molecular formula is C19H24FN3O4. The Morgan fingerprint density at radius 2 is 2.07 bits per heavy atom. The van der Waals surface area contributed by atoms with Gasteiger partial charge in [-0.15, -0.1) is 0 Å². The third kappa shape index (κ3) is 3.74. The number of amides is 4. The van der Waals surface area contributed by atoms with Gasteiger partial charge in [0.1, 0.15) is 12.1 Å². The molecule has 1 aliphatic carbocycles. The smallest absolute Gasteiger partial charge is 0.325 e. The first-order valence-corrected chi connectivity index (χ1v) is 9.16. The van der Waals surface area contributed by atoms with E-state index in [1.165, 1.54) is 19.2 Å². The van der Waals surface area contributed by atoms with Crippen molar-refractivity contribution in [3.8, 4) is 5.75 Å². The van der Waals surface area contributed by atoms with E-state index in [1.54, 1.807) is 0 Å². The van der Waals surface area contributed by atoms with Crippen LogP contribution in [0.15, 0.2) is 18.2 Å². The molecule has 1 spiro atoms. The van der Waals surface area contributed by atoms with Gasteiger partial charge in [0.2, 0.25) is 5.91 Å². The van der Waals surface area contributed by atoms with Crippen molar-refractivity contribution < 1.29 is 23.5 Å². The maximum atomic E-state index is 13.7. The summed E-state index contributed by atoms with van der Waals surface area (Å²) >= 11 is 0. The fraction of sp³-hybridized carbons (Fsp3) is 0.526. The highest BCUT2D eigenvalue weighted by Crippen LogP contribution is 2.37. The van der Waals surface area contributed by atoms with Crippen LogP contribution in [0.3, 0.4) is 0 Å². The molecule has 146 valence electrons. The molecule has 2 N–H and O–H groups in total.